The molecule has 1 saturated heterocycles. The Morgan fingerprint density at radius 1 is 0.855 bits per heavy atom. The van der Waals surface area contributed by atoms with Gasteiger partial charge in [-0.05, 0) is 124 Å². The second-order valence-corrected chi connectivity index (χ2v) is 23.6. The van der Waals surface area contributed by atoms with E-state index >= 15 is 4.39 Å². The maximum absolute atomic E-state index is 15.0. The van der Waals surface area contributed by atoms with Gasteiger partial charge >= 0.3 is 12.1 Å². The molecule has 4 heterocycles. The lowest BCUT2D eigenvalue weighted by molar-refractivity contribution is 0.0797. The van der Waals surface area contributed by atoms with Crippen LogP contribution in [0, 0.1) is 11.6 Å². The van der Waals surface area contributed by atoms with Crippen LogP contribution in [0.25, 0.3) is 27.8 Å². The Balaban J connectivity index is 0.737. The second-order valence-electron chi connectivity index (χ2n) is 20.7. The van der Waals surface area contributed by atoms with Gasteiger partial charge in [-0.2, -0.15) is 5.10 Å². The lowest BCUT2D eigenvalue weighted by atomic mass is 9.94. The van der Waals surface area contributed by atoms with Gasteiger partial charge in [0.15, 0.2) is 5.82 Å². The summed E-state index contributed by atoms with van der Waals surface area (Å²) in [7, 11) is 7.33. The predicted molar refractivity (Wildman–Crippen MR) is 294 cm³/mol. The summed E-state index contributed by atoms with van der Waals surface area (Å²) in [5, 5.41) is 48.5. The highest BCUT2D eigenvalue weighted by Gasteiger charge is 2.29. The van der Waals surface area contributed by atoms with Crippen LogP contribution in [-0.2, 0) is 31.0 Å². The Morgan fingerprint density at radius 2 is 1.55 bits per heavy atom. The van der Waals surface area contributed by atoms with E-state index in [-0.39, 0.29) is 71.1 Å². The zero-order valence-electron chi connectivity index (χ0n) is 43.5. The molecule has 5 aromatic carbocycles. The van der Waals surface area contributed by atoms with E-state index in [1.54, 1.807) is 29.0 Å². The number of rotatable bonds is 19. The Hall–Kier alpha value is -6.71. The van der Waals surface area contributed by atoms with Gasteiger partial charge in [0.25, 0.3) is 5.56 Å². The molecule has 9 rings (SSSR count). The Kier molecular flexibility index (Phi) is 16.6. The van der Waals surface area contributed by atoms with Gasteiger partial charge in [-0.15, -0.1) is 5.10 Å². The predicted octanol–water partition coefficient (Wildman–Crippen LogP) is 9.76. The number of piperazine rings is 1. The number of nitrogens with zero attached hydrogens (tertiary/aromatic N) is 9. The van der Waals surface area contributed by atoms with Crippen LogP contribution >= 0.6 is 21.6 Å². The van der Waals surface area contributed by atoms with Crippen molar-refractivity contribution in [3.63, 3.8) is 0 Å². The molecular weight excluding hydrogens is 1010 g/mol. The average molecular weight is 1080 g/mol. The number of ether oxygens (including phenoxy) is 1. The van der Waals surface area contributed by atoms with Gasteiger partial charge in [-0.25, -0.2) is 22.8 Å². The van der Waals surface area contributed by atoms with Gasteiger partial charge in [0.1, 0.15) is 36.4 Å². The molecule has 1 atom stereocenters. The van der Waals surface area contributed by atoms with Crippen LogP contribution in [-0.4, -0.2) is 130 Å². The highest BCUT2D eigenvalue weighted by Crippen LogP contribution is 2.43. The number of carbonyl (C=O) groups excluding carboxylic acids is 1. The summed E-state index contributed by atoms with van der Waals surface area (Å²) in [6, 6.07) is 26.8. The number of amides is 1. The number of likely N-dealkylation sites (N-methyl/N-ethyl adjacent to an activating group) is 1. The molecule has 1 fully saturated rings. The first-order valence-corrected chi connectivity index (χ1v) is 27.5. The minimum Gasteiger partial charge on any atom is -0.508 e. The zero-order chi connectivity index (χ0) is 53.8. The van der Waals surface area contributed by atoms with Gasteiger partial charge in [-0.3, -0.25) is 14.6 Å². The molecule has 1 amide bonds. The Labute approximate surface area is 448 Å². The lowest BCUT2D eigenvalue weighted by Crippen LogP contribution is -2.46. The van der Waals surface area contributed by atoms with Crippen LogP contribution in [0.5, 0.6) is 17.5 Å². The molecule has 2 aliphatic heterocycles. The summed E-state index contributed by atoms with van der Waals surface area (Å²) in [5.74, 6) is -0.842. The number of nitrogens with one attached hydrogen (secondary N) is 1. The summed E-state index contributed by atoms with van der Waals surface area (Å²) < 4.78 is 37.3. The first-order valence-electron chi connectivity index (χ1n) is 25.4. The van der Waals surface area contributed by atoms with Gasteiger partial charge in [0.2, 0.25) is 0 Å². The molecule has 2 aliphatic rings. The van der Waals surface area contributed by atoms with Gasteiger partial charge in [0.05, 0.1) is 28.4 Å². The Bertz CT molecular complexity index is 3240. The largest absolute Gasteiger partial charge is 0.508 e. The first-order chi connectivity index (χ1) is 36.4. The normalized spacial score (nSPS) is 15.2. The summed E-state index contributed by atoms with van der Waals surface area (Å²) >= 11 is 0. The average Bonchev–Trinajstić information content (AvgIpc) is 3.78. The van der Waals surface area contributed by atoms with Crippen molar-refractivity contribution in [2.24, 2.45) is 0 Å². The number of anilines is 1. The third-order valence-electron chi connectivity index (χ3n) is 13.9. The third-order valence-corrected chi connectivity index (χ3v) is 17.3. The van der Waals surface area contributed by atoms with Crippen molar-refractivity contribution < 1.29 is 33.6 Å². The van der Waals surface area contributed by atoms with Crippen molar-refractivity contribution in [1.82, 2.24) is 44.1 Å². The van der Waals surface area contributed by atoms with E-state index in [4.69, 9.17) is 9.84 Å². The number of benzene rings is 5. The molecular formula is C56H64F2N10O6S2. The number of phenols is 2. The summed E-state index contributed by atoms with van der Waals surface area (Å²) in [4.78, 5) is 37.0. The first kappa shape index (κ1) is 54.1. The van der Waals surface area contributed by atoms with E-state index in [1.165, 1.54) is 44.5 Å². The molecule has 0 bridgehead atoms. The van der Waals surface area contributed by atoms with Crippen LogP contribution in [0.1, 0.15) is 74.0 Å². The van der Waals surface area contributed by atoms with Gasteiger partial charge in [0, 0.05) is 79.0 Å². The SMILES string of the molecule is CC(C)c1cc(-c2nnc(O)n2-c2ccc(CN3CCN(CCC(C)(C)SSc4ccc(COC(=O)N(CCN(C)C)Cn5nc6c7c(cc(F)cc7c5=O)NC(c5ccc(F)cc5)C6)cc4)CC3)cc2)c(O)cc1O. The maximum atomic E-state index is 15.0. The standard InChI is InChI=1S/C56H64F2N10O6S2/c1-35(2)43-29-44(50(70)31-49(43)69)52-60-61-54(72)68(52)41-15-7-36(8-16-41)32-65-24-22-64(23-25-65)20-19-56(3,4)76-75-42-17-9-37(10-18-42)33-74-55(73)66(26-21-63(5)6)34-67-53(71)45-27-40(58)28-47-51(45)48(62-67)30-46(59-47)38-11-13-39(57)14-12-38/h7-18,27-29,31,35,46,59,69-70H,19-26,30,32-34H2,1-6H3,(H,61,72). The van der Waals surface area contributed by atoms with Crippen LogP contribution in [0.4, 0.5) is 19.3 Å². The monoisotopic (exact) mass is 1070 g/mol. The fraction of sp³-hybridized carbons (Fsp3) is 0.375. The molecule has 2 aromatic heterocycles. The second kappa shape index (κ2) is 23.3. The molecule has 0 saturated carbocycles. The molecule has 76 heavy (non-hydrogen) atoms. The van der Waals surface area contributed by atoms with Crippen molar-refractivity contribution in [1.29, 1.82) is 0 Å². The lowest BCUT2D eigenvalue weighted by Gasteiger charge is -2.36. The van der Waals surface area contributed by atoms with Gasteiger partial charge < -0.3 is 35.2 Å². The van der Waals surface area contributed by atoms with E-state index < -0.39 is 17.5 Å². The summed E-state index contributed by atoms with van der Waals surface area (Å²) in [6.45, 7) is 14.6. The molecule has 0 spiro atoms. The fourth-order valence-electron chi connectivity index (χ4n) is 9.46. The van der Waals surface area contributed by atoms with Crippen molar-refractivity contribution in [3.8, 4) is 34.6 Å². The molecule has 20 heteroatoms. The number of aromatic nitrogens is 5. The highest BCUT2D eigenvalue weighted by atomic mass is 33.1. The van der Waals surface area contributed by atoms with Crippen molar-refractivity contribution in [2.45, 2.75) is 82.0 Å². The van der Waals surface area contributed by atoms with Crippen molar-refractivity contribution in [3.05, 3.63) is 147 Å². The zero-order valence-corrected chi connectivity index (χ0v) is 45.2. The molecule has 0 radical (unpaired) electrons. The summed E-state index contributed by atoms with van der Waals surface area (Å²) in [6.07, 6.45) is 0.752. The van der Waals surface area contributed by atoms with E-state index in [0.29, 0.717) is 46.5 Å². The molecule has 7 aromatic rings. The molecule has 0 aliphatic carbocycles. The number of hydrogen-bond donors (Lipinski definition) is 4. The number of halogens is 2. The highest BCUT2D eigenvalue weighted by molar-refractivity contribution is 8.77. The number of phenolic OH excluding ortho intramolecular Hbond substituents is 2. The topological polar surface area (TPSA) is 178 Å². The fourth-order valence-corrected chi connectivity index (χ4v) is 11.8. The van der Waals surface area contributed by atoms with Gasteiger partial charge in [-0.1, -0.05) is 76.9 Å². The quantitative estimate of drug-likeness (QED) is 0.0563. The number of carbonyl (C=O) groups is 1. The van der Waals surface area contributed by atoms with E-state index in [0.717, 1.165) is 67.3 Å². The van der Waals surface area contributed by atoms with Crippen LogP contribution < -0.4 is 10.9 Å². The van der Waals surface area contributed by atoms with Crippen molar-refractivity contribution >= 4 is 44.1 Å². The minimum absolute atomic E-state index is 0.00180. The molecule has 4 N–H and O–H groups in total. The van der Waals surface area contributed by atoms with Crippen molar-refractivity contribution in [2.75, 3.05) is 65.2 Å². The van der Waals surface area contributed by atoms with E-state index in [2.05, 4.69) is 39.2 Å². The maximum Gasteiger partial charge on any atom is 0.411 e. The molecule has 1 unspecified atom stereocenters. The third kappa shape index (κ3) is 12.7. The van der Waals surface area contributed by atoms with E-state index in [1.807, 2.05) is 92.2 Å². The van der Waals surface area contributed by atoms with Crippen LogP contribution in [0.3, 0.4) is 0 Å². The number of hydrogen-bond acceptors (Lipinski definition) is 15. The Morgan fingerprint density at radius 3 is 2.25 bits per heavy atom. The smallest absolute Gasteiger partial charge is 0.411 e. The summed E-state index contributed by atoms with van der Waals surface area (Å²) in [5.41, 5.74) is 4.86. The van der Waals surface area contributed by atoms with Crippen LogP contribution in [0.2, 0.25) is 0 Å². The minimum atomic E-state index is -0.615. The number of aromatic hydroxyl groups is 3. The molecule has 400 valence electrons. The van der Waals surface area contributed by atoms with E-state index in [9.17, 15) is 29.3 Å². The van der Waals surface area contributed by atoms with Crippen LogP contribution in [0.15, 0.2) is 107 Å². The molecule has 16 nitrogen and oxygen atoms in total.